The van der Waals surface area contributed by atoms with Crippen molar-refractivity contribution >= 4 is 21.8 Å². The third-order valence-electron chi connectivity index (χ3n) is 3.93. The highest BCUT2D eigenvalue weighted by Crippen LogP contribution is 2.27. The Kier molecular flexibility index (Phi) is 4.57. The number of nitrogens with zero attached hydrogens (tertiary/aromatic N) is 1. The summed E-state index contributed by atoms with van der Waals surface area (Å²) < 4.78 is 25.7. The molecule has 2 heterocycles. The zero-order valence-electron chi connectivity index (χ0n) is 11.6. The van der Waals surface area contributed by atoms with Gasteiger partial charge in [0.2, 0.25) is 0 Å². The zero-order chi connectivity index (χ0) is 14.8. The van der Waals surface area contributed by atoms with Gasteiger partial charge < -0.3 is 14.4 Å². The molecule has 0 unspecified atom stereocenters. The number of carbonyl (C=O) groups is 1. The molecular weight excluding hydrogens is 341 g/mol. The van der Waals surface area contributed by atoms with Crippen molar-refractivity contribution < 1.29 is 18.7 Å². The van der Waals surface area contributed by atoms with E-state index in [1.54, 1.807) is 11.0 Å². The van der Waals surface area contributed by atoms with Crippen molar-refractivity contribution in [2.75, 3.05) is 19.8 Å². The smallest absolute Gasteiger partial charge is 0.257 e. The van der Waals surface area contributed by atoms with Crippen molar-refractivity contribution in [2.24, 2.45) is 0 Å². The van der Waals surface area contributed by atoms with E-state index < -0.39 is 5.82 Å². The van der Waals surface area contributed by atoms with E-state index in [0.717, 1.165) is 19.3 Å². The molecule has 2 aliphatic heterocycles. The maximum atomic E-state index is 13.9. The predicted octanol–water partition coefficient (Wildman–Crippen LogP) is 2.96. The van der Waals surface area contributed by atoms with Gasteiger partial charge in [0, 0.05) is 11.0 Å². The fourth-order valence-electron chi connectivity index (χ4n) is 2.91. The number of benzene rings is 1. The molecule has 1 aromatic rings. The number of piperidine rings is 1. The van der Waals surface area contributed by atoms with Gasteiger partial charge in [-0.3, -0.25) is 4.79 Å². The number of carbonyl (C=O) groups excluding carboxylic acids is 1. The van der Waals surface area contributed by atoms with Crippen LogP contribution in [-0.4, -0.2) is 42.9 Å². The number of halogens is 2. The first-order valence-corrected chi connectivity index (χ1v) is 7.95. The third-order valence-corrected chi connectivity index (χ3v) is 4.42. The quantitative estimate of drug-likeness (QED) is 0.816. The van der Waals surface area contributed by atoms with Crippen molar-refractivity contribution in [1.82, 2.24) is 4.90 Å². The van der Waals surface area contributed by atoms with Crippen LogP contribution in [0, 0.1) is 5.82 Å². The molecule has 1 aromatic carbocycles. The summed E-state index contributed by atoms with van der Waals surface area (Å²) in [5.74, 6) is -0.793. The molecule has 0 radical (unpaired) electrons. The number of hydrogen-bond acceptors (Lipinski definition) is 3. The number of likely N-dealkylation sites (tertiary alicyclic amines) is 1. The van der Waals surface area contributed by atoms with Gasteiger partial charge in [-0.25, -0.2) is 4.39 Å². The summed E-state index contributed by atoms with van der Waals surface area (Å²) in [5.41, 5.74) is 0.0919. The monoisotopic (exact) mass is 357 g/mol. The fourth-order valence-corrected chi connectivity index (χ4v) is 3.27. The standard InChI is InChI=1S/C15H17BrFNO3/c16-10-4-5-12(17)11(9-10)14(19)18-6-2-1-3-13(18)15-20-7-8-21-15/h4-5,9,13,15H,1-3,6-8H2/t13-/m1/s1. The van der Waals surface area contributed by atoms with Crippen LogP contribution in [-0.2, 0) is 9.47 Å². The Hall–Kier alpha value is -0.980. The first kappa shape index (κ1) is 14.9. The summed E-state index contributed by atoms with van der Waals surface area (Å²) in [7, 11) is 0. The largest absolute Gasteiger partial charge is 0.348 e. The van der Waals surface area contributed by atoms with Crippen LogP contribution in [0.15, 0.2) is 22.7 Å². The summed E-state index contributed by atoms with van der Waals surface area (Å²) in [6.07, 6.45) is 2.39. The van der Waals surface area contributed by atoms with Crippen LogP contribution in [0.1, 0.15) is 29.6 Å². The van der Waals surface area contributed by atoms with E-state index in [-0.39, 0.29) is 23.8 Å². The maximum Gasteiger partial charge on any atom is 0.257 e. The lowest BCUT2D eigenvalue weighted by Gasteiger charge is -2.38. The van der Waals surface area contributed by atoms with Gasteiger partial charge in [0.05, 0.1) is 24.8 Å². The minimum Gasteiger partial charge on any atom is -0.348 e. The van der Waals surface area contributed by atoms with E-state index in [1.165, 1.54) is 12.1 Å². The normalized spacial score (nSPS) is 23.5. The molecule has 0 aromatic heterocycles. The SMILES string of the molecule is O=C(c1cc(Br)ccc1F)N1CCCC[C@@H]1C1OCCO1. The lowest BCUT2D eigenvalue weighted by molar-refractivity contribution is -0.100. The van der Waals surface area contributed by atoms with Crippen molar-refractivity contribution in [1.29, 1.82) is 0 Å². The molecule has 3 rings (SSSR count). The molecule has 0 N–H and O–H groups in total. The zero-order valence-corrected chi connectivity index (χ0v) is 13.1. The molecule has 6 heteroatoms. The van der Waals surface area contributed by atoms with Crippen molar-refractivity contribution in [3.63, 3.8) is 0 Å². The summed E-state index contributed by atoms with van der Waals surface area (Å²) >= 11 is 3.28. The Labute approximate surface area is 131 Å². The lowest BCUT2D eigenvalue weighted by Crippen LogP contribution is -2.50. The first-order chi connectivity index (χ1) is 10.2. The topological polar surface area (TPSA) is 38.8 Å². The number of ether oxygens (including phenoxy) is 2. The molecular formula is C15H17BrFNO3. The van der Waals surface area contributed by atoms with Crippen molar-refractivity contribution in [3.05, 3.63) is 34.1 Å². The van der Waals surface area contributed by atoms with Crippen LogP contribution in [0.4, 0.5) is 4.39 Å². The van der Waals surface area contributed by atoms with E-state index >= 15 is 0 Å². The average molecular weight is 358 g/mol. The molecule has 1 atom stereocenters. The predicted molar refractivity (Wildman–Crippen MR) is 78.5 cm³/mol. The third kappa shape index (κ3) is 3.12. The van der Waals surface area contributed by atoms with Gasteiger partial charge in [-0.1, -0.05) is 15.9 Å². The van der Waals surface area contributed by atoms with E-state index in [1.807, 2.05) is 0 Å². The Morgan fingerprint density at radius 1 is 1.29 bits per heavy atom. The fraction of sp³-hybridized carbons (Fsp3) is 0.533. The highest BCUT2D eigenvalue weighted by molar-refractivity contribution is 9.10. The Morgan fingerprint density at radius 2 is 2.05 bits per heavy atom. The van der Waals surface area contributed by atoms with Crippen LogP contribution < -0.4 is 0 Å². The highest BCUT2D eigenvalue weighted by atomic mass is 79.9. The second-order valence-corrected chi connectivity index (χ2v) is 6.21. The molecule has 2 fully saturated rings. The molecule has 114 valence electrons. The molecule has 0 aliphatic carbocycles. The minimum atomic E-state index is -0.499. The van der Waals surface area contributed by atoms with Crippen LogP contribution in [0.25, 0.3) is 0 Å². The number of amides is 1. The maximum absolute atomic E-state index is 13.9. The Bertz CT molecular complexity index is 534. The Balaban J connectivity index is 1.85. The van der Waals surface area contributed by atoms with Crippen molar-refractivity contribution in [2.45, 2.75) is 31.6 Å². The molecule has 4 nitrogen and oxygen atoms in total. The van der Waals surface area contributed by atoms with Gasteiger partial charge in [-0.2, -0.15) is 0 Å². The minimum absolute atomic E-state index is 0.0919. The summed E-state index contributed by atoms with van der Waals surface area (Å²) in [6.45, 7) is 1.71. The molecule has 2 aliphatic rings. The summed E-state index contributed by atoms with van der Waals surface area (Å²) in [5, 5.41) is 0. The summed E-state index contributed by atoms with van der Waals surface area (Å²) in [4.78, 5) is 14.4. The Morgan fingerprint density at radius 3 is 2.81 bits per heavy atom. The van der Waals surface area contributed by atoms with Gasteiger partial charge in [-0.05, 0) is 37.5 Å². The van der Waals surface area contributed by atoms with E-state index in [0.29, 0.717) is 24.2 Å². The van der Waals surface area contributed by atoms with Gasteiger partial charge >= 0.3 is 0 Å². The second-order valence-electron chi connectivity index (χ2n) is 5.30. The van der Waals surface area contributed by atoms with E-state index in [4.69, 9.17) is 9.47 Å². The molecule has 0 saturated carbocycles. The highest BCUT2D eigenvalue weighted by Gasteiger charge is 2.37. The molecule has 1 amide bonds. The van der Waals surface area contributed by atoms with Crippen LogP contribution in [0.2, 0.25) is 0 Å². The number of hydrogen-bond donors (Lipinski definition) is 0. The lowest BCUT2D eigenvalue weighted by atomic mass is 10.00. The van der Waals surface area contributed by atoms with Crippen LogP contribution in [0.5, 0.6) is 0 Å². The van der Waals surface area contributed by atoms with Gasteiger partial charge in [0.25, 0.3) is 5.91 Å². The molecule has 0 bridgehead atoms. The second kappa shape index (κ2) is 6.42. The van der Waals surface area contributed by atoms with Gasteiger partial charge in [0.15, 0.2) is 6.29 Å². The van der Waals surface area contributed by atoms with Crippen molar-refractivity contribution in [3.8, 4) is 0 Å². The first-order valence-electron chi connectivity index (χ1n) is 7.16. The molecule has 2 saturated heterocycles. The van der Waals surface area contributed by atoms with E-state index in [9.17, 15) is 9.18 Å². The van der Waals surface area contributed by atoms with Crippen LogP contribution >= 0.6 is 15.9 Å². The molecule has 21 heavy (non-hydrogen) atoms. The van der Waals surface area contributed by atoms with Crippen LogP contribution in [0.3, 0.4) is 0 Å². The van der Waals surface area contributed by atoms with E-state index in [2.05, 4.69) is 15.9 Å². The number of rotatable bonds is 2. The molecule has 0 spiro atoms. The van der Waals surface area contributed by atoms with Gasteiger partial charge in [0.1, 0.15) is 5.82 Å². The average Bonchev–Trinajstić information content (AvgIpc) is 3.03. The summed E-state index contributed by atoms with van der Waals surface area (Å²) in [6, 6.07) is 4.29. The van der Waals surface area contributed by atoms with Gasteiger partial charge in [-0.15, -0.1) is 0 Å².